The highest BCUT2D eigenvalue weighted by Gasteiger charge is 2.26. The van der Waals surface area contributed by atoms with Crippen LogP contribution in [0.2, 0.25) is 5.02 Å². The number of aromatic nitrogens is 2. The van der Waals surface area contributed by atoms with Crippen molar-refractivity contribution in [3.8, 4) is 0 Å². The molecule has 0 aliphatic heterocycles. The molecular weight excluding hydrogens is 263 g/mol. The van der Waals surface area contributed by atoms with Crippen molar-refractivity contribution < 1.29 is 0 Å². The summed E-state index contributed by atoms with van der Waals surface area (Å²) in [5.74, 6) is 0. The number of benzene rings is 1. The highest BCUT2D eigenvalue weighted by atomic mass is 79.9. The fourth-order valence-corrected chi connectivity index (χ4v) is 2.23. The van der Waals surface area contributed by atoms with Gasteiger partial charge in [-0.15, -0.1) is 0 Å². The number of halogens is 2. The highest BCUT2D eigenvalue weighted by molar-refractivity contribution is 9.10. The fraction of sp³-hybridized carbons (Fsp3) is 0.300. The van der Waals surface area contributed by atoms with Crippen molar-refractivity contribution in [2.75, 3.05) is 0 Å². The van der Waals surface area contributed by atoms with Crippen LogP contribution in [0.5, 0.6) is 0 Å². The quantitative estimate of drug-likeness (QED) is 0.771. The summed E-state index contributed by atoms with van der Waals surface area (Å²) in [7, 11) is 0. The van der Waals surface area contributed by atoms with Crippen LogP contribution in [0.15, 0.2) is 22.8 Å². The summed E-state index contributed by atoms with van der Waals surface area (Å²) in [5, 5.41) is 6.16. The van der Waals surface area contributed by atoms with Gasteiger partial charge in [-0.25, -0.2) is 0 Å². The molecule has 1 fully saturated rings. The third kappa shape index (κ3) is 1.19. The van der Waals surface area contributed by atoms with Crippen LogP contribution < -0.4 is 0 Å². The molecule has 72 valence electrons. The van der Waals surface area contributed by atoms with Crippen molar-refractivity contribution in [1.82, 2.24) is 9.78 Å². The van der Waals surface area contributed by atoms with E-state index in [-0.39, 0.29) is 0 Å². The Bertz CT molecular complexity index is 502. The standard InChI is InChI=1S/C10H8BrClN2/c11-8-3-4-9-7(10(8)12)5-13-14(9)6-1-2-6/h3-6H,1-2H2. The van der Waals surface area contributed by atoms with Crippen LogP contribution in [-0.4, -0.2) is 9.78 Å². The molecule has 0 radical (unpaired) electrons. The lowest BCUT2D eigenvalue weighted by atomic mass is 10.2. The Hall–Kier alpha value is -0.540. The third-order valence-electron chi connectivity index (χ3n) is 2.56. The van der Waals surface area contributed by atoms with E-state index in [2.05, 4.69) is 31.8 Å². The first-order valence-electron chi connectivity index (χ1n) is 4.58. The highest BCUT2D eigenvalue weighted by Crippen LogP contribution is 2.39. The second kappa shape index (κ2) is 2.97. The van der Waals surface area contributed by atoms with Crippen molar-refractivity contribution in [3.05, 3.63) is 27.8 Å². The van der Waals surface area contributed by atoms with Gasteiger partial charge in [0.25, 0.3) is 0 Å². The summed E-state index contributed by atoms with van der Waals surface area (Å²) in [4.78, 5) is 0. The topological polar surface area (TPSA) is 17.8 Å². The minimum absolute atomic E-state index is 0.602. The van der Waals surface area contributed by atoms with Crippen LogP contribution in [0.4, 0.5) is 0 Å². The van der Waals surface area contributed by atoms with Crippen LogP contribution in [-0.2, 0) is 0 Å². The van der Waals surface area contributed by atoms with E-state index < -0.39 is 0 Å². The van der Waals surface area contributed by atoms with E-state index in [1.54, 1.807) is 0 Å². The summed E-state index contributed by atoms with van der Waals surface area (Å²) in [5.41, 5.74) is 1.14. The molecule has 1 aromatic heterocycles. The van der Waals surface area contributed by atoms with Gasteiger partial charge >= 0.3 is 0 Å². The van der Waals surface area contributed by atoms with E-state index in [0.29, 0.717) is 6.04 Å². The minimum atomic E-state index is 0.602. The molecule has 0 amide bonds. The van der Waals surface area contributed by atoms with Crippen LogP contribution in [0, 0.1) is 0 Å². The molecule has 1 heterocycles. The molecule has 0 saturated heterocycles. The minimum Gasteiger partial charge on any atom is -0.262 e. The fourth-order valence-electron chi connectivity index (χ4n) is 1.67. The second-order valence-electron chi connectivity index (χ2n) is 3.61. The first-order chi connectivity index (χ1) is 6.77. The van der Waals surface area contributed by atoms with E-state index in [0.717, 1.165) is 20.4 Å². The van der Waals surface area contributed by atoms with Gasteiger partial charge in [0.2, 0.25) is 0 Å². The lowest BCUT2D eigenvalue weighted by molar-refractivity contribution is 0.665. The van der Waals surface area contributed by atoms with Crippen LogP contribution >= 0.6 is 27.5 Å². The average Bonchev–Trinajstić information content (AvgIpc) is 2.93. The third-order valence-corrected chi connectivity index (χ3v) is 3.86. The van der Waals surface area contributed by atoms with Gasteiger partial charge in [0.1, 0.15) is 0 Å². The molecule has 0 spiro atoms. The van der Waals surface area contributed by atoms with Gasteiger partial charge in [0.15, 0.2) is 0 Å². The molecular formula is C10H8BrClN2. The Kier molecular flexibility index (Phi) is 1.86. The molecule has 1 aromatic carbocycles. The second-order valence-corrected chi connectivity index (χ2v) is 4.85. The summed E-state index contributed by atoms with van der Waals surface area (Å²) >= 11 is 9.57. The molecule has 14 heavy (non-hydrogen) atoms. The Balaban J connectivity index is 2.31. The lowest BCUT2D eigenvalue weighted by Crippen LogP contribution is -1.94. The van der Waals surface area contributed by atoms with Gasteiger partial charge in [-0.2, -0.15) is 5.10 Å². The smallest absolute Gasteiger partial charge is 0.0701 e. The van der Waals surface area contributed by atoms with Gasteiger partial charge in [-0.3, -0.25) is 4.68 Å². The zero-order valence-electron chi connectivity index (χ0n) is 7.37. The van der Waals surface area contributed by atoms with E-state index in [1.807, 2.05) is 12.3 Å². The van der Waals surface area contributed by atoms with Gasteiger partial charge < -0.3 is 0 Å². The number of hydrogen-bond acceptors (Lipinski definition) is 1. The molecule has 1 aliphatic carbocycles. The number of hydrogen-bond donors (Lipinski definition) is 0. The molecule has 0 unspecified atom stereocenters. The maximum Gasteiger partial charge on any atom is 0.0701 e. The molecule has 0 N–H and O–H groups in total. The first kappa shape index (κ1) is 8.74. The molecule has 3 rings (SSSR count). The Morgan fingerprint density at radius 3 is 2.93 bits per heavy atom. The zero-order chi connectivity index (χ0) is 9.71. The maximum absolute atomic E-state index is 6.16. The molecule has 1 aliphatic rings. The normalized spacial score (nSPS) is 16.4. The number of rotatable bonds is 1. The SMILES string of the molecule is Clc1c(Br)ccc2c1cnn2C1CC1. The van der Waals surface area contributed by atoms with E-state index >= 15 is 0 Å². The van der Waals surface area contributed by atoms with Crippen LogP contribution in [0.25, 0.3) is 10.9 Å². The predicted molar refractivity (Wildman–Crippen MR) is 60.7 cm³/mol. The number of fused-ring (bicyclic) bond motifs is 1. The van der Waals surface area contributed by atoms with Crippen molar-refractivity contribution in [3.63, 3.8) is 0 Å². The van der Waals surface area contributed by atoms with Gasteiger partial charge in [-0.05, 0) is 40.9 Å². The lowest BCUT2D eigenvalue weighted by Gasteiger charge is -2.01. The molecule has 4 heteroatoms. The van der Waals surface area contributed by atoms with Crippen molar-refractivity contribution in [2.24, 2.45) is 0 Å². The summed E-state index contributed by atoms with van der Waals surface area (Å²) < 4.78 is 3.01. The molecule has 0 atom stereocenters. The summed E-state index contributed by atoms with van der Waals surface area (Å²) in [6, 6.07) is 4.65. The zero-order valence-corrected chi connectivity index (χ0v) is 9.72. The Morgan fingerprint density at radius 2 is 2.21 bits per heavy atom. The molecule has 2 aromatic rings. The van der Waals surface area contributed by atoms with Crippen LogP contribution in [0.3, 0.4) is 0 Å². The summed E-state index contributed by atoms with van der Waals surface area (Å²) in [6.07, 6.45) is 4.33. The van der Waals surface area contributed by atoms with Crippen molar-refractivity contribution in [1.29, 1.82) is 0 Å². The first-order valence-corrected chi connectivity index (χ1v) is 5.75. The summed E-state index contributed by atoms with van der Waals surface area (Å²) in [6.45, 7) is 0. The van der Waals surface area contributed by atoms with Gasteiger partial charge in [0, 0.05) is 9.86 Å². The van der Waals surface area contributed by atoms with E-state index in [4.69, 9.17) is 11.6 Å². The van der Waals surface area contributed by atoms with Gasteiger partial charge in [-0.1, -0.05) is 11.6 Å². The Labute approximate surface area is 95.0 Å². The monoisotopic (exact) mass is 270 g/mol. The Morgan fingerprint density at radius 1 is 1.43 bits per heavy atom. The van der Waals surface area contributed by atoms with Gasteiger partial charge in [0.05, 0.1) is 22.8 Å². The van der Waals surface area contributed by atoms with E-state index in [9.17, 15) is 0 Å². The van der Waals surface area contributed by atoms with Crippen molar-refractivity contribution in [2.45, 2.75) is 18.9 Å². The van der Waals surface area contributed by atoms with Crippen molar-refractivity contribution >= 4 is 38.4 Å². The molecule has 0 bridgehead atoms. The maximum atomic E-state index is 6.16. The molecule has 1 saturated carbocycles. The molecule has 2 nitrogen and oxygen atoms in total. The predicted octanol–water partition coefficient (Wildman–Crippen LogP) is 3.79. The van der Waals surface area contributed by atoms with Crippen LogP contribution in [0.1, 0.15) is 18.9 Å². The average molecular weight is 272 g/mol. The largest absolute Gasteiger partial charge is 0.262 e. The van der Waals surface area contributed by atoms with E-state index in [1.165, 1.54) is 12.8 Å². The number of nitrogens with zero attached hydrogens (tertiary/aromatic N) is 2.